The molecule has 0 amide bonds. The zero-order chi connectivity index (χ0) is 23.3. The summed E-state index contributed by atoms with van der Waals surface area (Å²) >= 11 is 0. The molecule has 34 heavy (non-hydrogen) atoms. The van der Waals surface area contributed by atoms with E-state index in [9.17, 15) is 0 Å². The van der Waals surface area contributed by atoms with Crippen LogP contribution in [-0.2, 0) is 19.6 Å². The molecule has 0 saturated carbocycles. The number of aromatic nitrogens is 4. The third-order valence-corrected chi connectivity index (χ3v) is 6.16. The van der Waals surface area contributed by atoms with Gasteiger partial charge in [0.2, 0.25) is 11.5 Å². The Labute approximate surface area is 199 Å². The summed E-state index contributed by atoms with van der Waals surface area (Å²) in [6.07, 6.45) is 4.37. The molecule has 0 atom stereocenters. The smallest absolute Gasteiger partial charge is 0.375 e. The second-order valence-corrected chi connectivity index (χ2v) is 8.52. The number of nitrogens with zero attached hydrogens (tertiary/aromatic N) is 6. The standard InChI is InChI=1S/C26H27N7O/c1-27-26-30-24(28-15-19-9-11-22(34-2)12-10-19)23-16-29-33(25(23)31-26)18-21-7-5-20(6-8-21)17-32-13-3-4-14-32/h5-12,16H,3-4,13-15,17-18H2,2H3,(H,28,30,31). The molecule has 4 aromatic rings. The molecule has 1 aliphatic heterocycles. The molecule has 0 unspecified atom stereocenters. The number of fused-ring (bicyclic) bond motifs is 1. The molecule has 0 spiro atoms. The van der Waals surface area contributed by atoms with E-state index in [-0.39, 0.29) is 5.95 Å². The van der Waals surface area contributed by atoms with Crippen LogP contribution in [0.5, 0.6) is 5.75 Å². The molecule has 8 nitrogen and oxygen atoms in total. The first-order valence-electron chi connectivity index (χ1n) is 11.5. The number of nitrogens with one attached hydrogen (secondary N) is 1. The van der Waals surface area contributed by atoms with Gasteiger partial charge < -0.3 is 14.9 Å². The van der Waals surface area contributed by atoms with Crippen LogP contribution in [-0.4, -0.2) is 44.8 Å². The van der Waals surface area contributed by atoms with Crippen molar-refractivity contribution in [2.45, 2.75) is 32.5 Å². The van der Waals surface area contributed by atoms with Crippen molar-refractivity contribution in [2.75, 3.05) is 25.5 Å². The molecule has 1 aliphatic rings. The van der Waals surface area contributed by atoms with Crippen LogP contribution in [0.2, 0.25) is 0 Å². The molecule has 1 N–H and O–H groups in total. The first-order chi connectivity index (χ1) is 16.7. The molecular formula is C26H27N7O. The maximum absolute atomic E-state index is 7.44. The topological polar surface area (TPSA) is 72.5 Å². The van der Waals surface area contributed by atoms with Gasteiger partial charge in [-0.15, -0.1) is 16.5 Å². The minimum absolute atomic E-state index is 0.104. The summed E-state index contributed by atoms with van der Waals surface area (Å²) in [5.41, 5.74) is 4.21. The molecule has 2 aromatic carbocycles. The van der Waals surface area contributed by atoms with E-state index in [4.69, 9.17) is 11.3 Å². The zero-order valence-corrected chi connectivity index (χ0v) is 19.2. The van der Waals surface area contributed by atoms with Crippen LogP contribution >= 0.6 is 0 Å². The number of ether oxygens (including phenoxy) is 1. The average molecular weight is 454 g/mol. The highest BCUT2D eigenvalue weighted by Gasteiger charge is 2.17. The number of benzene rings is 2. The third-order valence-electron chi connectivity index (χ3n) is 6.16. The summed E-state index contributed by atoms with van der Waals surface area (Å²) in [6, 6.07) is 16.5. The Kier molecular flexibility index (Phi) is 6.36. The lowest BCUT2D eigenvalue weighted by Crippen LogP contribution is -2.18. The first kappa shape index (κ1) is 21.9. The highest BCUT2D eigenvalue weighted by atomic mass is 16.5. The summed E-state index contributed by atoms with van der Waals surface area (Å²) in [5, 5.41) is 8.70. The molecule has 3 heterocycles. The van der Waals surface area contributed by atoms with Crippen molar-refractivity contribution in [3.8, 4) is 5.75 Å². The zero-order valence-electron chi connectivity index (χ0n) is 19.2. The van der Waals surface area contributed by atoms with Crippen LogP contribution in [0.15, 0.2) is 54.7 Å². The van der Waals surface area contributed by atoms with Crippen molar-refractivity contribution in [2.24, 2.45) is 0 Å². The molecule has 0 bridgehead atoms. The average Bonchev–Trinajstić information content (AvgIpc) is 3.54. The monoisotopic (exact) mass is 453 g/mol. The molecule has 1 fully saturated rings. The lowest BCUT2D eigenvalue weighted by molar-refractivity contribution is 0.331. The van der Waals surface area contributed by atoms with Crippen molar-refractivity contribution < 1.29 is 4.74 Å². The fraction of sp³-hybridized carbons (Fsp3) is 0.308. The van der Waals surface area contributed by atoms with Gasteiger partial charge in [-0.05, 0) is 54.8 Å². The number of likely N-dealkylation sites (tertiary alicyclic amines) is 1. The van der Waals surface area contributed by atoms with E-state index in [1.807, 2.05) is 28.9 Å². The van der Waals surface area contributed by atoms with E-state index in [1.54, 1.807) is 13.3 Å². The van der Waals surface area contributed by atoms with Gasteiger partial charge in [-0.25, -0.2) is 4.68 Å². The largest absolute Gasteiger partial charge is 0.497 e. The van der Waals surface area contributed by atoms with Crippen LogP contribution in [0.1, 0.15) is 29.5 Å². The van der Waals surface area contributed by atoms with E-state index in [0.29, 0.717) is 24.6 Å². The Hall–Kier alpha value is -3.96. The van der Waals surface area contributed by atoms with Gasteiger partial charge in [-0.3, -0.25) is 4.90 Å². The Bertz CT molecular complexity index is 1300. The van der Waals surface area contributed by atoms with Gasteiger partial charge in [0.15, 0.2) is 0 Å². The van der Waals surface area contributed by atoms with Crippen molar-refractivity contribution in [1.82, 2.24) is 24.6 Å². The minimum Gasteiger partial charge on any atom is -0.497 e. The summed E-state index contributed by atoms with van der Waals surface area (Å²) in [5.74, 6) is 1.53. The van der Waals surface area contributed by atoms with E-state index in [1.165, 1.54) is 31.5 Å². The van der Waals surface area contributed by atoms with E-state index >= 15 is 0 Å². The predicted octanol–water partition coefficient (Wildman–Crippen LogP) is 4.64. The van der Waals surface area contributed by atoms with Crippen LogP contribution in [0.3, 0.4) is 0 Å². The fourth-order valence-corrected chi connectivity index (χ4v) is 4.30. The van der Waals surface area contributed by atoms with Crippen molar-refractivity contribution in [3.05, 3.63) is 82.8 Å². The summed E-state index contributed by atoms with van der Waals surface area (Å²) in [4.78, 5) is 14.8. The summed E-state index contributed by atoms with van der Waals surface area (Å²) in [7, 11) is 1.65. The molecule has 1 saturated heterocycles. The fourth-order valence-electron chi connectivity index (χ4n) is 4.30. The van der Waals surface area contributed by atoms with Gasteiger partial charge in [-0.1, -0.05) is 36.4 Å². The third kappa shape index (κ3) is 4.85. The van der Waals surface area contributed by atoms with Crippen molar-refractivity contribution >= 4 is 22.8 Å². The lowest BCUT2D eigenvalue weighted by atomic mass is 10.1. The maximum Gasteiger partial charge on any atom is 0.375 e. The van der Waals surface area contributed by atoms with Crippen LogP contribution in [0.4, 0.5) is 11.8 Å². The van der Waals surface area contributed by atoms with Crippen molar-refractivity contribution in [3.63, 3.8) is 0 Å². The van der Waals surface area contributed by atoms with Crippen molar-refractivity contribution in [1.29, 1.82) is 0 Å². The Morgan fingerprint density at radius 1 is 0.941 bits per heavy atom. The molecule has 8 heteroatoms. The van der Waals surface area contributed by atoms with Gasteiger partial charge in [0.1, 0.15) is 11.1 Å². The Balaban J connectivity index is 1.33. The number of hydrogen-bond acceptors (Lipinski definition) is 6. The first-order valence-corrected chi connectivity index (χ1v) is 11.5. The lowest BCUT2D eigenvalue weighted by Gasteiger charge is -2.14. The van der Waals surface area contributed by atoms with Crippen LogP contribution < -0.4 is 10.1 Å². The number of rotatable bonds is 8. The number of hydrogen-bond donors (Lipinski definition) is 1. The highest BCUT2D eigenvalue weighted by molar-refractivity contribution is 5.87. The summed E-state index contributed by atoms with van der Waals surface area (Å²) < 4.78 is 7.05. The normalized spacial score (nSPS) is 13.8. The predicted molar refractivity (Wildman–Crippen MR) is 132 cm³/mol. The number of methoxy groups -OCH3 is 1. The molecule has 5 rings (SSSR count). The Morgan fingerprint density at radius 2 is 1.62 bits per heavy atom. The van der Waals surface area contributed by atoms with E-state index < -0.39 is 0 Å². The van der Waals surface area contributed by atoms with Gasteiger partial charge >= 0.3 is 5.95 Å². The second kappa shape index (κ2) is 9.89. The second-order valence-electron chi connectivity index (χ2n) is 8.52. The minimum atomic E-state index is 0.104. The summed E-state index contributed by atoms with van der Waals surface area (Å²) in [6.45, 7) is 12.0. The SMILES string of the molecule is [C-]#[N+]c1nc(NCc2ccc(OC)cc2)c2cnn(Cc3ccc(CN4CCCC4)cc3)c2n1. The maximum atomic E-state index is 7.44. The molecule has 0 radical (unpaired) electrons. The van der Waals surface area contributed by atoms with Crippen LogP contribution in [0.25, 0.3) is 15.9 Å². The highest BCUT2D eigenvalue weighted by Crippen LogP contribution is 2.25. The Morgan fingerprint density at radius 3 is 2.29 bits per heavy atom. The van der Waals surface area contributed by atoms with Gasteiger partial charge in [0.25, 0.3) is 0 Å². The van der Waals surface area contributed by atoms with Gasteiger partial charge in [0.05, 0.1) is 19.9 Å². The molecule has 172 valence electrons. The van der Waals surface area contributed by atoms with Crippen LogP contribution in [0, 0.1) is 6.57 Å². The molecule has 0 aliphatic carbocycles. The van der Waals surface area contributed by atoms with Gasteiger partial charge in [-0.2, -0.15) is 5.10 Å². The number of anilines is 1. The molecular weight excluding hydrogens is 426 g/mol. The van der Waals surface area contributed by atoms with E-state index in [0.717, 1.165) is 28.8 Å². The quantitative estimate of drug-likeness (QED) is 0.392. The van der Waals surface area contributed by atoms with E-state index in [2.05, 4.69) is 54.4 Å². The molecule has 2 aromatic heterocycles. The van der Waals surface area contributed by atoms with Gasteiger partial charge in [0, 0.05) is 13.1 Å².